The van der Waals surface area contributed by atoms with Gasteiger partial charge in [0, 0.05) is 56.1 Å². The molecule has 1 N–H and O–H groups in total. The van der Waals surface area contributed by atoms with E-state index in [1.165, 1.54) is 11.3 Å². The van der Waals surface area contributed by atoms with E-state index in [0.717, 1.165) is 57.0 Å². The highest BCUT2D eigenvalue weighted by atomic mass is 16.2. The summed E-state index contributed by atoms with van der Waals surface area (Å²) in [5, 5.41) is 0. The van der Waals surface area contributed by atoms with Crippen LogP contribution in [-0.4, -0.2) is 47.0 Å². The van der Waals surface area contributed by atoms with E-state index >= 15 is 0 Å². The zero-order valence-corrected chi connectivity index (χ0v) is 14.9. The van der Waals surface area contributed by atoms with Crippen molar-refractivity contribution in [2.24, 2.45) is 0 Å². The Labute approximate surface area is 149 Å². The molecule has 1 saturated heterocycles. The molecule has 1 amide bonds. The first-order valence-electron chi connectivity index (χ1n) is 9.33. The molecule has 2 aromatic rings. The highest BCUT2D eigenvalue weighted by Gasteiger charge is 2.27. The molecule has 132 valence electrons. The lowest BCUT2D eigenvalue weighted by Crippen LogP contribution is -2.40. The van der Waals surface area contributed by atoms with Gasteiger partial charge in [-0.05, 0) is 37.8 Å². The molecular weight excluding hydrogens is 312 g/mol. The van der Waals surface area contributed by atoms with E-state index in [2.05, 4.69) is 39.1 Å². The van der Waals surface area contributed by atoms with Gasteiger partial charge in [0.25, 0.3) is 0 Å². The number of aromatic amines is 1. The van der Waals surface area contributed by atoms with Crippen LogP contribution in [0, 0.1) is 6.92 Å². The van der Waals surface area contributed by atoms with Crippen molar-refractivity contribution in [3.8, 4) is 0 Å². The van der Waals surface area contributed by atoms with Crippen LogP contribution in [0.25, 0.3) is 0 Å². The predicted molar refractivity (Wildman–Crippen MR) is 98.9 cm³/mol. The molecule has 5 heteroatoms. The van der Waals surface area contributed by atoms with Crippen molar-refractivity contribution in [3.63, 3.8) is 0 Å². The summed E-state index contributed by atoms with van der Waals surface area (Å²) in [6.45, 7) is 5.54. The molecule has 0 aliphatic carbocycles. The number of imidazole rings is 1. The van der Waals surface area contributed by atoms with E-state index in [9.17, 15) is 4.79 Å². The fourth-order valence-electron chi connectivity index (χ4n) is 4.09. The molecule has 0 radical (unpaired) electrons. The maximum atomic E-state index is 12.7. The van der Waals surface area contributed by atoms with Crippen LogP contribution in [0.2, 0.25) is 0 Å². The standard InChI is InChI=1S/C20H26N4O/c1-15-13-21-20(22-15)17-6-4-10-24(14-17)19(25)9-12-23-11-8-16-5-2-3-7-18(16)23/h2-3,5,7,13,17H,4,6,8-12,14H2,1H3,(H,21,22). The van der Waals surface area contributed by atoms with Crippen LogP contribution in [-0.2, 0) is 11.2 Å². The smallest absolute Gasteiger partial charge is 0.224 e. The van der Waals surface area contributed by atoms with Gasteiger partial charge in [-0.2, -0.15) is 0 Å². The molecule has 1 fully saturated rings. The minimum absolute atomic E-state index is 0.275. The van der Waals surface area contributed by atoms with Crippen molar-refractivity contribution in [3.05, 3.63) is 47.5 Å². The second-order valence-electron chi connectivity index (χ2n) is 7.25. The number of nitrogens with one attached hydrogen (secondary N) is 1. The number of carbonyl (C=O) groups is 1. The number of anilines is 1. The van der Waals surface area contributed by atoms with Crippen molar-refractivity contribution < 1.29 is 4.79 Å². The summed E-state index contributed by atoms with van der Waals surface area (Å²) < 4.78 is 0. The Hall–Kier alpha value is -2.30. The highest BCUT2D eigenvalue weighted by Crippen LogP contribution is 2.28. The molecular formula is C20H26N4O. The number of amides is 1. The topological polar surface area (TPSA) is 52.2 Å². The summed E-state index contributed by atoms with van der Waals surface area (Å²) in [5.41, 5.74) is 3.80. The molecule has 5 nitrogen and oxygen atoms in total. The number of piperidine rings is 1. The Kier molecular flexibility index (Phi) is 4.47. The molecule has 2 aliphatic heterocycles. The maximum absolute atomic E-state index is 12.7. The molecule has 1 aromatic heterocycles. The second-order valence-corrected chi connectivity index (χ2v) is 7.25. The van der Waals surface area contributed by atoms with E-state index in [1.54, 1.807) is 0 Å². The molecule has 25 heavy (non-hydrogen) atoms. The van der Waals surface area contributed by atoms with Crippen LogP contribution in [0.1, 0.15) is 42.3 Å². The summed E-state index contributed by atoms with van der Waals surface area (Å²) in [4.78, 5) is 24.9. The molecule has 0 bridgehead atoms. The Morgan fingerprint density at radius 1 is 1.32 bits per heavy atom. The van der Waals surface area contributed by atoms with Crippen molar-refractivity contribution in [1.82, 2.24) is 14.9 Å². The van der Waals surface area contributed by atoms with Gasteiger partial charge in [-0.15, -0.1) is 0 Å². The molecule has 1 aromatic carbocycles. The van der Waals surface area contributed by atoms with Crippen LogP contribution in [0.15, 0.2) is 30.5 Å². The minimum Gasteiger partial charge on any atom is -0.370 e. The van der Waals surface area contributed by atoms with Gasteiger partial charge >= 0.3 is 0 Å². The minimum atomic E-state index is 0.275. The number of carbonyl (C=O) groups excluding carboxylic acids is 1. The van der Waals surface area contributed by atoms with Gasteiger partial charge in [0.2, 0.25) is 5.91 Å². The Bertz CT molecular complexity index is 754. The predicted octanol–water partition coefficient (Wildman–Crippen LogP) is 2.88. The van der Waals surface area contributed by atoms with Crippen molar-refractivity contribution in [2.75, 3.05) is 31.1 Å². The second kappa shape index (κ2) is 6.90. The molecule has 4 rings (SSSR count). The number of benzene rings is 1. The van der Waals surface area contributed by atoms with Gasteiger partial charge in [0.1, 0.15) is 5.82 Å². The third-order valence-electron chi connectivity index (χ3n) is 5.46. The number of hydrogen-bond acceptors (Lipinski definition) is 3. The highest BCUT2D eigenvalue weighted by molar-refractivity contribution is 5.77. The van der Waals surface area contributed by atoms with E-state index in [1.807, 2.05) is 18.0 Å². The Morgan fingerprint density at radius 3 is 3.04 bits per heavy atom. The average molecular weight is 338 g/mol. The summed E-state index contributed by atoms with van der Waals surface area (Å²) >= 11 is 0. The average Bonchev–Trinajstić information content (AvgIpc) is 3.26. The third kappa shape index (κ3) is 3.41. The first-order valence-corrected chi connectivity index (χ1v) is 9.33. The quantitative estimate of drug-likeness (QED) is 0.933. The summed E-state index contributed by atoms with van der Waals surface area (Å²) in [5.74, 6) is 1.65. The van der Waals surface area contributed by atoms with E-state index < -0.39 is 0 Å². The van der Waals surface area contributed by atoms with Crippen LogP contribution in [0.3, 0.4) is 0 Å². The van der Waals surface area contributed by atoms with Gasteiger partial charge in [0.05, 0.1) is 0 Å². The molecule has 0 saturated carbocycles. The number of H-pyrrole nitrogens is 1. The van der Waals surface area contributed by atoms with Crippen molar-refractivity contribution in [2.45, 2.75) is 38.5 Å². The number of rotatable bonds is 4. The lowest BCUT2D eigenvalue weighted by Gasteiger charge is -2.32. The van der Waals surface area contributed by atoms with Crippen LogP contribution in [0.5, 0.6) is 0 Å². The first-order chi connectivity index (χ1) is 12.2. The van der Waals surface area contributed by atoms with Crippen LogP contribution >= 0.6 is 0 Å². The molecule has 0 spiro atoms. The van der Waals surface area contributed by atoms with Crippen LogP contribution < -0.4 is 4.90 Å². The number of para-hydroxylation sites is 1. The zero-order chi connectivity index (χ0) is 17.2. The number of hydrogen-bond donors (Lipinski definition) is 1. The Morgan fingerprint density at radius 2 is 2.20 bits per heavy atom. The van der Waals surface area contributed by atoms with E-state index in [4.69, 9.17) is 0 Å². The molecule has 1 atom stereocenters. The number of likely N-dealkylation sites (tertiary alicyclic amines) is 1. The van der Waals surface area contributed by atoms with Gasteiger partial charge in [0.15, 0.2) is 0 Å². The number of fused-ring (bicyclic) bond motifs is 1. The Balaban J connectivity index is 1.34. The monoisotopic (exact) mass is 338 g/mol. The van der Waals surface area contributed by atoms with Gasteiger partial charge < -0.3 is 14.8 Å². The van der Waals surface area contributed by atoms with Gasteiger partial charge in [-0.1, -0.05) is 18.2 Å². The SMILES string of the molecule is Cc1cnc(C2CCCN(C(=O)CCN3CCc4ccccc43)C2)[nH]1. The largest absolute Gasteiger partial charge is 0.370 e. The number of nitrogens with zero attached hydrogens (tertiary/aromatic N) is 3. The van der Waals surface area contributed by atoms with E-state index in [-0.39, 0.29) is 5.91 Å². The van der Waals surface area contributed by atoms with E-state index in [0.29, 0.717) is 12.3 Å². The van der Waals surface area contributed by atoms with Gasteiger partial charge in [-0.25, -0.2) is 4.98 Å². The fraction of sp³-hybridized carbons (Fsp3) is 0.500. The third-order valence-corrected chi connectivity index (χ3v) is 5.46. The first kappa shape index (κ1) is 16.2. The fourth-order valence-corrected chi connectivity index (χ4v) is 4.09. The summed E-state index contributed by atoms with van der Waals surface area (Å²) in [6, 6.07) is 8.54. The normalized spacial score (nSPS) is 20.0. The lowest BCUT2D eigenvalue weighted by molar-refractivity contribution is -0.132. The molecule has 2 aliphatic rings. The zero-order valence-electron chi connectivity index (χ0n) is 14.9. The van der Waals surface area contributed by atoms with Crippen molar-refractivity contribution in [1.29, 1.82) is 0 Å². The number of aromatic nitrogens is 2. The molecule has 1 unspecified atom stereocenters. The summed E-state index contributed by atoms with van der Waals surface area (Å²) in [6.07, 6.45) is 5.73. The van der Waals surface area contributed by atoms with Crippen LogP contribution in [0.4, 0.5) is 5.69 Å². The summed E-state index contributed by atoms with van der Waals surface area (Å²) in [7, 11) is 0. The lowest BCUT2D eigenvalue weighted by atomic mass is 9.97. The van der Waals surface area contributed by atoms with Crippen molar-refractivity contribution >= 4 is 11.6 Å². The molecule has 3 heterocycles. The number of aryl methyl sites for hydroxylation is 1. The van der Waals surface area contributed by atoms with Gasteiger partial charge in [-0.3, -0.25) is 4.79 Å². The maximum Gasteiger partial charge on any atom is 0.224 e.